The molecule has 0 aliphatic heterocycles. The second-order valence-electron chi connectivity index (χ2n) is 6.14. The monoisotopic (exact) mass is 321 g/mol. The first kappa shape index (κ1) is 16.0. The zero-order valence-electron chi connectivity index (χ0n) is 13.7. The van der Waals surface area contributed by atoms with Crippen LogP contribution in [-0.2, 0) is 6.54 Å². The third kappa shape index (κ3) is 3.23. The third-order valence-electron chi connectivity index (χ3n) is 3.73. The van der Waals surface area contributed by atoms with E-state index in [2.05, 4.69) is 0 Å². The van der Waals surface area contributed by atoms with Crippen LogP contribution in [0.4, 0.5) is 0 Å². The number of hydrogen-bond donors (Lipinski definition) is 0. The molecule has 1 aromatic heterocycles. The fraction of sp³-hybridized carbons (Fsp3) is 0.200. The van der Waals surface area contributed by atoms with E-state index in [0.29, 0.717) is 34.5 Å². The van der Waals surface area contributed by atoms with Crippen LogP contribution in [0.5, 0.6) is 5.75 Å². The standard InChI is InChI=1S/C20H19NO3/c1-14(2)12-21-13-18(16-10-6-7-11-17(16)19(21)22)20(23)24-15-8-4-3-5-9-15/h3-11,13-14H,12H2,1-2H3. The highest BCUT2D eigenvalue weighted by molar-refractivity contribution is 6.04. The molecule has 0 amide bonds. The Bertz CT molecular complexity index is 927. The van der Waals surface area contributed by atoms with Crippen LogP contribution in [0.3, 0.4) is 0 Å². The van der Waals surface area contributed by atoms with Gasteiger partial charge in [0.05, 0.1) is 5.56 Å². The number of ether oxygens (including phenoxy) is 1. The Morgan fingerprint density at radius 2 is 1.62 bits per heavy atom. The number of para-hydroxylation sites is 1. The summed E-state index contributed by atoms with van der Waals surface area (Å²) in [5.41, 5.74) is 0.310. The first-order valence-electron chi connectivity index (χ1n) is 7.95. The molecule has 3 aromatic rings. The molecule has 0 saturated carbocycles. The van der Waals surface area contributed by atoms with Gasteiger partial charge in [-0.1, -0.05) is 50.2 Å². The highest BCUT2D eigenvalue weighted by Gasteiger charge is 2.17. The van der Waals surface area contributed by atoms with Gasteiger partial charge in [-0.2, -0.15) is 0 Å². The van der Waals surface area contributed by atoms with Gasteiger partial charge in [-0.05, 0) is 24.1 Å². The summed E-state index contributed by atoms with van der Waals surface area (Å²) in [6.07, 6.45) is 1.61. The summed E-state index contributed by atoms with van der Waals surface area (Å²) in [6, 6.07) is 16.1. The topological polar surface area (TPSA) is 48.3 Å². The maximum Gasteiger partial charge on any atom is 0.345 e. The molecule has 0 aliphatic rings. The lowest BCUT2D eigenvalue weighted by Crippen LogP contribution is -2.25. The Kier molecular flexibility index (Phi) is 4.47. The van der Waals surface area contributed by atoms with Crippen LogP contribution in [0.25, 0.3) is 10.8 Å². The number of carbonyl (C=O) groups is 1. The lowest BCUT2D eigenvalue weighted by atomic mass is 10.1. The number of carbonyl (C=O) groups excluding carboxylic acids is 1. The van der Waals surface area contributed by atoms with Crippen molar-refractivity contribution in [1.29, 1.82) is 0 Å². The summed E-state index contributed by atoms with van der Waals surface area (Å²) in [4.78, 5) is 25.2. The quantitative estimate of drug-likeness (QED) is 0.541. The summed E-state index contributed by atoms with van der Waals surface area (Å²) in [6.45, 7) is 4.61. The predicted octanol–water partition coefficient (Wildman–Crippen LogP) is 3.88. The first-order chi connectivity index (χ1) is 11.6. The van der Waals surface area contributed by atoms with Gasteiger partial charge in [0.2, 0.25) is 0 Å². The van der Waals surface area contributed by atoms with Gasteiger partial charge in [0, 0.05) is 23.5 Å². The van der Waals surface area contributed by atoms with E-state index in [1.165, 1.54) is 0 Å². The average Bonchev–Trinajstić information content (AvgIpc) is 2.58. The molecule has 2 aromatic carbocycles. The van der Waals surface area contributed by atoms with Gasteiger partial charge in [0.25, 0.3) is 5.56 Å². The number of hydrogen-bond acceptors (Lipinski definition) is 3. The molecule has 0 saturated heterocycles. The van der Waals surface area contributed by atoms with Crippen LogP contribution < -0.4 is 10.3 Å². The molecule has 0 atom stereocenters. The van der Waals surface area contributed by atoms with E-state index < -0.39 is 5.97 Å². The fourth-order valence-electron chi connectivity index (χ4n) is 2.69. The van der Waals surface area contributed by atoms with Gasteiger partial charge < -0.3 is 9.30 Å². The highest BCUT2D eigenvalue weighted by atomic mass is 16.5. The van der Waals surface area contributed by atoms with E-state index in [1.807, 2.05) is 26.0 Å². The van der Waals surface area contributed by atoms with Crippen molar-refractivity contribution in [3.8, 4) is 5.75 Å². The van der Waals surface area contributed by atoms with Crippen molar-refractivity contribution in [2.45, 2.75) is 20.4 Å². The smallest absolute Gasteiger partial charge is 0.345 e. The Morgan fingerprint density at radius 3 is 2.29 bits per heavy atom. The molecule has 4 heteroatoms. The zero-order chi connectivity index (χ0) is 17.1. The van der Waals surface area contributed by atoms with Crippen molar-refractivity contribution >= 4 is 16.7 Å². The summed E-state index contributed by atoms with van der Waals surface area (Å²) in [5, 5.41) is 1.14. The SMILES string of the molecule is CC(C)Cn1cc(C(=O)Oc2ccccc2)c2ccccc2c1=O. The van der Waals surface area contributed by atoms with Gasteiger partial charge in [0.15, 0.2) is 0 Å². The van der Waals surface area contributed by atoms with Crippen molar-refractivity contribution in [2.24, 2.45) is 5.92 Å². The van der Waals surface area contributed by atoms with Gasteiger partial charge in [-0.25, -0.2) is 4.79 Å². The van der Waals surface area contributed by atoms with Gasteiger partial charge >= 0.3 is 5.97 Å². The Labute approximate surface area is 140 Å². The number of aromatic nitrogens is 1. The second kappa shape index (κ2) is 6.71. The van der Waals surface area contributed by atoms with E-state index in [9.17, 15) is 9.59 Å². The number of rotatable bonds is 4. The molecule has 0 radical (unpaired) electrons. The number of nitrogens with zero attached hydrogens (tertiary/aromatic N) is 1. The Hall–Kier alpha value is -2.88. The molecule has 0 aliphatic carbocycles. The van der Waals surface area contributed by atoms with Gasteiger partial charge in [-0.15, -0.1) is 0 Å². The Balaban J connectivity index is 2.10. The molecular formula is C20H19NO3. The lowest BCUT2D eigenvalue weighted by Gasteiger charge is -2.13. The van der Waals surface area contributed by atoms with Crippen LogP contribution in [-0.4, -0.2) is 10.5 Å². The predicted molar refractivity (Wildman–Crippen MR) is 94.4 cm³/mol. The molecule has 0 unspecified atom stereocenters. The van der Waals surface area contributed by atoms with Crippen molar-refractivity contribution < 1.29 is 9.53 Å². The zero-order valence-corrected chi connectivity index (χ0v) is 13.7. The number of pyridine rings is 1. The van der Waals surface area contributed by atoms with Gasteiger partial charge in [0.1, 0.15) is 5.75 Å². The number of benzene rings is 2. The van der Waals surface area contributed by atoms with Crippen LogP contribution in [0.2, 0.25) is 0 Å². The van der Waals surface area contributed by atoms with Crippen molar-refractivity contribution in [1.82, 2.24) is 4.57 Å². The fourth-order valence-corrected chi connectivity index (χ4v) is 2.69. The van der Waals surface area contributed by atoms with Crippen LogP contribution in [0.1, 0.15) is 24.2 Å². The third-order valence-corrected chi connectivity index (χ3v) is 3.73. The van der Waals surface area contributed by atoms with E-state index in [0.717, 1.165) is 0 Å². The molecule has 1 heterocycles. The molecular weight excluding hydrogens is 302 g/mol. The molecule has 24 heavy (non-hydrogen) atoms. The Morgan fingerprint density at radius 1 is 1.00 bits per heavy atom. The summed E-state index contributed by atoms with van der Waals surface area (Å²) in [5.74, 6) is 0.310. The molecule has 4 nitrogen and oxygen atoms in total. The maximum absolute atomic E-state index is 12.6. The van der Waals surface area contributed by atoms with Crippen molar-refractivity contribution in [2.75, 3.05) is 0 Å². The van der Waals surface area contributed by atoms with Crippen LogP contribution >= 0.6 is 0 Å². The van der Waals surface area contributed by atoms with Crippen LogP contribution in [0.15, 0.2) is 65.6 Å². The average molecular weight is 321 g/mol. The minimum atomic E-state index is -0.463. The molecule has 0 spiro atoms. The molecule has 0 fully saturated rings. The van der Waals surface area contributed by atoms with E-state index in [4.69, 9.17) is 4.74 Å². The normalized spacial score (nSPS) is 11.0. The molecule has 0 bridgehead atoms. The largest absolute Gasteiger partial charge is 0.423 e. The molecule has 3 rings (SSSR count). The van der Waals surface area contributed by atoms with E-state index in [1.54, 1.807) is 53.2 Å². The first-order valence-corrected chi connectivity index (χ1v) is 7.95. The highest BCUT2D eigenvalue weighted by Crippen LogP contribution is 2.19. The van der Waals surface area contributed by atoms with E-state index in [-0.39, 0.29) is 5.56 Å². The summed E-state index contributed by atoms with van der Waals surface area (Å²) in [7, 11) is 0. The van der Waals surface area contributed by atoms with Gasteiger partial charge in [-0.3, -0.25) is 4.79 Å². The second-order valence-corrected chi connectivity index (χ2v) is 6.14. The van der Waals surface area contributed by atoms with Crippen molar-refractivity contribution in [3.63, 3.8) is 0 Å². The van der Waals surface area contributed by atoms with E-state index >= 15 is 0 Å². The minimum absolute atomic E-state index is 0.0874. The molecule has 122 valence electrons. The number of fused-ring (bicyclic) bond motifs is 1. The summed E-state index contributed by atoms with van der Waals surface area (Å²) < 4.78 is 7.05. The summed E-state index contributed by atoms with van der Waals surface area (Å²) >= 11 is 0. The lowest BCUT2D eigenvalue weighted by molar-refractivity contribution is 0.0736. The van der Waals surface area contributed by atoms with Crippen LogP contribution in [0, 0.1) is 5.92 Å². The molecule has 0 N–H and O–H groups in total. The minimum Gasteiger partial charge on any atom is -0.423 e. The van der Waals surface area contributed by atoms with Crippen molar-refractivity contribution in [3.05, 3.63) is 76.7 Å². The maximum atomic E-state index is 12.6. The number of esters is 1.